The van der Waals surface area contributed by atoms with Crippen molar-refractivity contribution in [2.24, 2.45) is 10.2 Å². The number of amides is 1. The van der Waals surface area contributed by atoms with Crippen molar-refractivity contribution in [1.82, 2.24) is 4.98 Å². The van der Waals surface area contributed by atoms with Crippen LogP contribution in [0.15, 0.2) is 45.0 Å². The fourth-order valence-corrected chi connectivity index (χ4v) is 2.96. The van der Waals surface area contributed by atoms with E-state index in [9.17, 15) is 9.90 Å². The summed E-state index contributed by atoms with van der Waals surface area (Å²) < 4.78 is 6.56. The highest BCUT2D eigenvalue weighted by Crippen LogP contribution is 2.37. The number of nitrogens with zero attached hydrogens (tertiary/aromatic N) is 2. The Kier molecular flexibility index (Phi) is 5.32. The summed E-state index contributed by atoms with van der Waals surface area (Å²) >= 11 is 3.45. The number of carbonyl (C=O) groups excluding carboxylic acids is 1. The summed E-state index contributed by atoms with van der Waals surface area (Å²) in [7, 11) is 0. The van der Waals surface area contributed by atoms with E-state index >= 15 is 0 Å². The predicted octanol–water partition coefficient (Wildman–Crippen LogP) is 5.64. The second-order valence-corrected chi connectivity index (χ2v) is 7.37. The van der Waals surface area contributed by atoms with Crippen LogP contribution in [-0.2, 0) is 4.79 Å². The smallest absolute Gasteiger partial charge is 0.304 e. The molecule has 7 heteroatoms. The normalized spacial score (nSPS) is 12.6. The molecule has 0 aliphatic rings. The van der Waals surface area contributed by atoms with Gasteiger partial charge in [-0.2, -0.15) is 0 Å². The van der Waals surface area contributed by atoms with Crippen molar-refractivity contribution in [3.8, 4) is 11.6 Å². The maximum Gasteiger partial charge on any atom is 0.304 e. The van der Waals surface area contributed by atoms with Crippen LogP contribution in [0.5, 0.6) is 11.6 Å². The van der Waals surface area contributed by atoms with Crippen molar-refractivity contribution >= 4 is 38.4 Å². The molecule has 1 atom stereocenters. The van der Waals surface area contributed by atoms with Gasteiger partial charge in [0.25, 0.3) is 0 Å². The molecule has 1 aromatic heterocycles. The number of hydrogen-bond donors (Lipinski definition) is 2. The third kappa shape index (κ3) is 4.03. The first kappa shape index (κ1) is 19.1. The largest absolute Gasteiger partial charge is 0.493 e. The Hall–Kier alpha value is -2.67. The third-order valence-electron chi connectivity index (χ3n) is 4.42. The van der Waals surface area contributed by atoms with Crippen LogP contribution in [-0.4, -0.2) is 22.1 Å². The van der Waals surface area contributed by atoms with E-state index in [1.165, 1.54) is 0 Å². The number of rotatable bonds is 4. The minimum Gasteiger partial charge on any atom is -0.493 e. The molecule has 0 saturated carbocycles. The minimum absolute atomic E-state index is 0.137. The van der Waals surface area contributed by atoms with Crippen LogP contribution in [0.3, 0.4) is 0 Å². The molecule has 2 aromatic carbocycles. The summed E-state index contributed by atoms with van der Waals surface area (Å²) in [6.45, 7) is 7.54. The van der Waals surface area contributed by atoms with Crippen molar-refractivity contribution in [3.05, 3.63) is 51.5 Å². The molecule has 0 spiro atoms. The van der Waals surface area contributed by atoms with Gasteiger partial charge in [0.2, 0.25) is 5.88 Å². The van der Waals surface area contributed by atoms with E-state index in [1.54, 1.807) is 6.92 Å². The maximum absolute atomic E-state index is 12.3. The molecule has 27 heavy (non-hydrogen) atoms. The van der Waals surface area contributed by atoms with E-state index in [1.807, 2.05) is 51.1 Å². The third-order valence-corrected chi connectivity index (χ3v) is 5.27. The first-order valence-electron chi connectivity index (χ1n) is 8.46. The van der Waals surface area contributed by atoms with Crippen molar-refractivity contribution in [1.29, 1.82) is 0 Å². The van der Waals surface area contributed by atoms with Gasteiger partial charge < -0.3 is 14.8 Å². The number of nitrogens with one attached hydrogen (secondary N) is 1. The fourth-order valence-electron chi connectivity index (χ4n) is 2.62. The van der Waals surface area contributed by atoms with Crippen molar-refractivity contribution in [2.75, 3.05) is 0 Å². The minimum atomic E-state index is -0.793. The Bertz CT molecular complexity index is 1060. The molecule has 0 aliphatic carbocycles. The number of azo groups is 1. The number of aromatic amines is 1. The Balaban J connectivity index is 1.80. The highest BCUT2D eigenvalue weighted by atomic mass is 79.9. The first-order chi connectivity index (χ1) is 12.8. The molecule has 0 aliphatic heterocycles. The van der Waals surface area contributed by atoms with Crippen LogP contribution >= 0.6 is 15.9 Å². The van der Waals surface area contributed by atoms with Gasteiger partial charge in [-0.15, -0.1) is 10.2 Å². The van der Waals surface area contributed by atoms with Crippen LogP contribution in [0.4, 0.5) is 5.69 Å². The number of aryl methyl sites for hydroxylation is 3. The molecule has 140 valence electrons. The highest BCUT2D eigenvalue weighted by molar-refractivity contribution is 9.10. The maximum atomic E-state index is 12.3. The number of benzene rings is 2. The second kappa shape index (κ2) is 7.52. The quantitative estimate of drug-likeness (QED) is 0.526. The molecule has 6 nitrogen and oxygen atoms in total. The number of aromatic nitrogens is 1. The lowest BCUT2D eigenvalue weighted by Gasteiger charge is -2.12. The molecule has 3 aromatic rings. The summed E-state index contributed by atoms with van der Waals surface area (Å²) in [5.41, 5.74) is 4.14. The zero-order chi connectivity index (χ0) is 19.7. The van der Waals surface area contributed by atoms with E-state index in [0.29, 0.717) is 16.7 Å². The number of hydrogen-bond acceptors (Lipinski definition) is 4. The van der Waals surface area contributed by atoms with Gasteiger partial charge >= 0.3 is 5.91 Å². The number of aromatic hydroxyl groups is 1. The van der Waals surface area contributed by atoms with E-state index in [4.69, 9.17) is 4.74 Å². The molecule has 0 bridgehead atoms. The van der Waals surface area contributed by atoms with Gasteiger partial charge in [0.1, 0.15) is 5.75 Å². The fraction of sp³-hybridized carbons (Fsp3) is 0.250. The van der Waals surface area contributed by atoms with E-state index in [-0.39, 0.29) is 11.6 Å². The molecule has 1 amide bonds. The SMILES string of the molecule is Cc1ccc(OC(C)C(=O)N=Nc2c(O)[nH]c3cc(Br)c(C)cc23)cc1C. The number of ether oxygens (including phenoxy) is 1. The number of halogens is 1. The molecule has 1 heterocycles. The van der Waals surface area contributed by atoms with Gasteiger partial charge in [-0.25, -0.2) is 0 Å². The Morgan fingerprint density at radius 2 is 1.89 bits per heavy atom. The van der Waals surface area contributed by atoms with Gasteiger partial charge in [-0.1, -0.05) is 22.0 Å². The van der Waals surface area contributed by atoms with Gasteiger partial charge in [0, 0.05) is 9.86 Å². The van der Waals surface area contributed by atoms with Crippen LogP contribution in [0.1, 0.15) is 23.6 Å². The summed E-state index contributed by atoms with van der Waals surface area (Å²) in [5, 5.41) is 18.5. The standard InChI is InChI=1S/C20H20BrN3O3/c1-10-5-6-14(7-11(10)2)27-13(4)19(25)24-23-18-15-8-12(3)16(21)9-17(15)22-20(18)26/h5-9,13,22,26H,1-4H3. The molecule has 0 fully saturated rings. The molecule has 0 saturated heterocycles. The van der Waals surface area contributed by atoms with Crippen molar-refractivity contribution in [2.45, 2.75) is 33.8 Å². The Morgan fingerprint density at radius 1 is 1.15 bits per heavy atom. The van der Waals surface area contributed by atoms with Crippen LogP contribution in [0.2, 0.25) is 0 Å². The average Bonchev–Trinajstić information content (AvgIpc) is 2.90. The highest BCUT2D eigenvalue weighted by Gasteiger charge is 2.17. The van der Waals surface area contributed by atoms with E-state index < -0.39 is 12.0 Å². The number of fused-ring (bicyclic) bond motifs is 1. The zero-order valence-electron chi connectivity index (χ0n) is 15.5. The second-order valence-electron chi connectivity index (χ2n) is 6.51. The zero-order valence-corrected chi connectivity index (χ0v) is 17.1. The van der Waals surface area contributed by atoms with Gasteiger partial charge in [-0.3, -0.25) is 4.79 Å². The Labute approximate surface area is 165 Å². The van der Waals surface area contributed by atoms with Crippen LogP contribution in [0, 0.1) is 20.8 Å². The monoisotopic (exact) mass is 429 g/mol. The van der Waals surface area contributed by atoms with Crippen LogP contribution in [0.25, 0.3) is 10.9 Å². The number of H-pyrrole nitrogens is 1. The molecule has 0 radical (unpaired) electrons. The molecular weight excluding hydrogens is 410 g/mol. The molecule has 1 unspecified atom stereocenters. The van der Waals surface area contributed by atoms with Gasteiger partial charge in [0.15, 0.2) is 11.8 Å². The van der Waals surface area contributed by atoms with Gasteiger partial charge in [-0.05, 0) is 68.7 Å². The summed E-state index contributed by atoms with van der Waals surface area (Å²) in [6.07, 6.45) is -0.793. The van der Waals surface area contributed by atoms with Gasteiger partial charge in [0.05, 0.1) is 5.52 Å². The number of carbonyl (C=O) groups is 1. The molecule has 3 rings (SSSR count). The Morgan fingerprint density at radius 3 is 2.59 bits per heavy atom. The molecular formula is C20H20BrN3O3. The lowest BCUT2D eigenvalue weighted by atomic mass is 10.1. The lowest BCUT2D eigenvalue weighted by molar-refractivity contribution is -0.124. The van der Waals surface area contributed by atoms with E-state index in [0.717, 1.165) is 21.2 Å². The summed E-state index contributed by atoms with van der Waals surface area (Å²) in [4.78, 5) is 15.1. The predicted molar refractivity (Wildman–Crippen MR) is 108 cm³/mol. The van der Waals surface area contributed by atoms with Crippen molar-refractivity contribution in [3.63, 3.8) is 0 Å². The first-order valence-corrected chi connectivity index (χ1v) is 9.26. The summed E-state index contributed by atoms with van der Waals surface area (Å²) in [6, 6.07) is 9.34. The topological polar surface area (TPSA) is 87.0 Å². The van der Waals surface area contributed by atoms with Crippen molar-refractivity contribution < 1.29 is 14.6 Å². The molecule has 2 N–H and O–H groups in total. The van der Waals surface area contributed by atoms with Crippen LogP contribution < -0.4 is 4.74 Å². The van der Waals surface area contributed by atoms with E-state index in [2.05, 4.69) is 31.1 Å². The average molecular weight is 430 g/mol. The summed E-state index contributed by atoms with van der Waals surface area (Å²) in [5.74, 6) is -0.0674. The lowest BCUT2D eigenvalue weighted by Crippen LogP contribution is -2.21.